The van der Waals surface area contributed by atoms with Crippen LogP contribution < -0.4 is 5.32 Å². The summed E-state index contributed by atoms with van der Waals surface area (Å²) >= 11 is 0. The van der Waals surface area contributed by atoms with E-state index < -0.39 is 0 Å². The highest BCUT2D eigenvalue weighted by Gasteiger charge is 2.28. The molecule has 4 nitrogen and oxygen atoms in total. The van der Waals surface area contributed by atoms with Crippen molar-refractivity contribution in [1.29, 1.82) is 0 Å². The smallest absolute Gasteiger partial charge is 0.187 e. The van der Waals surface area contributed by atoms with E-state index in [2.05, 4.69) is 22.2 Å². The first-order chi connectivity index (χ1) is 7.29. The van der Waals surface area contributed by atoms with Gasteiger partial charge in [0.1, 0.15) is 5.69 Å². The summed E-state index contributed by atoms with van der Waals surface area (Å²) in [4.78, 5) is 20.0. The lowest BCUT2D eigenvalue weighted by Gasteiger charge is -2.28. The SMILES string of the molecule is CC1NCCCC1C(=O)c1cnccn1. The summed E-state index contributed by atoms with van der Waals surface area (Å²) in [6, 6.07) is 0.244. The zero-order chi connectivity index (χ0) is 10.7. The van der Waals surface area contributed by atoms with Gasteiger partial charge >= 0.3 is 0 Å². The minimum absolute atomic E-state index is 0.0513. The monoisotopic (exact) mass is 205 g/mol. The lowest BCUT2D eigenvalue weighted by atomic mass is 9.87. The van der Waals surface area contributed by atoms with Crippen molar-refractivity contribution >= 4 is 5.78 Å². The van der Waals surface area contributed by atoms with E-state index >= 15 is 0 Å². The third kappa shape index (κ3) is 2.21. The number of ketones is 1. The molecule has 2 atom stereocenters. The number of aromatic nitrogens is 2. The number of Topliss-reactive ketones (excluding diaryl/α,β-unsaturated/α-hetero) is 1. The van der Waals surface area contributed by atoms with Gasteiger partial charge < -0.3 is 5.32 Å². The summed E-state index contributed by atoms with van der Waals surface area (Å²) in [5.74, 6) is 0.165. The van der Waals surface area contributed by atoms with Crippen molar-refractivity contribution in [2.24, 2.45) is 5.92 Å². The van der Waals surface area contributed by atoms with Crippen molar-refractivity contribution < 1.29 is 4.79 Å². The molecule has 1 N–H and O–H groups in total. The van der Waals surface area contributed by atoms with Crippen molar-refractivity contribution in [3.63, 3.8) is 0 Å². The first-order valence-electron chi connectivity index (χ1n) is 5.32. The van der Waals surface area contributed by atoms with Crippen LogP contribution in [0.1, 0.15) is 30.3 Å². The third-order valence-electron chi connectivity index (χ3n) is 2.91. The first-order valence-corrected chi connectivity index (χ1v) is 5.32. The summed E-state index contributed by atoms with van der Waals surface area (Å²) in [6.45, 7) is 3.06. The Bertz CT molecular complexity index is 339. The second kappa shape index (κ2) is 4.49. The minimum atomic E-state index is 0.0513. The van der Waals surface area contributed by atoms with Crippen molar-refractivity contribution in [2.75, 3.05) is 6.54 Å². The maximum Gasteiger partial charge on any atom is 0.187 e. The third-order valence-corrected chi connectivity index (χ3v) is 2.91. The maximum atomic E-state index is 12.1. The molecular weight excluding hydrogens is 190 g/mol. The summed E-state index contributed by atoms with van der Waals surface area (Å²) in [5.41, 5.74) is 0.484. The van der Waals surface area contributed by atoms with Crippen molar-refractivity contribution in [2.45, 2.75) is 25.8 Å². The molecule has 1 saturated heterocycles. The quantitative estimate of drug-likeness (QED) is 0.733. The highest BCUT2D eigenvalue weighted by molar-refractivity contribution is 5.96. The Balaban J connectivity index is 2.13. The number of hydrogen-bond acceptors (Lipinski definition) is 4. The Kier molecular flexibility index (Phi) is 3.06. The van der Waals surface area contributed by atoms with Gasteiger partial charge in [-0.15, -0.1) is 0 Å². The predicted molar refractivity (Wildman–Crippen MR) is 56.6 cm³/mol. The van der Waals surface area contributed by atoms with E-state index in [1.807, 2.05) is 0 Å². The summed E-state index contributed by atoms with van der Waals surface area (Å²) < 4.78 is 0. The highest BCUT2D eigenvalue weighted by atomic mass is 16.1. The van der Waals surface area contributed by atoms with Gasteiger partial charge in [-0.2, -0.15) is 0 Å². The van der Waals surface area contributed by atoms with E-state index in [1.54, 1.807) is 18.6 Å². The Morgan fingerprint density at radius 2 is 2.40 bits per heavy atom. The molecule has 0 radical (unpaired) electrons. The normalized spacial score (nSPS) is 26.2. The number of carbonyl (C=O) groups excluding carboxylic acids is 1. The van der Waals surface area contributed by atoms with Gasteiger partial charge in [-0.1, -0.05) is 0 Å². The van der Waals surface area contributed by atoms with Gasteiger partial charge in [-0.05, 0) is 26.3 Å². The molecule has 15 heavy (non-hydrogen) atoms. The van der Waals surface area contributed by atoms with E-state index in [-0.39, 0.29) is 17.7 Å². The predicted octanol–water partition coefficient (Wildman–Crippen LogP) is 1.05. The Morgan fingerprint density at radius 1 is 1.53 bits per heavy atom. The van der Waals surface area contributed by atoms with Crippen LogP contribution in [0.4, 0.5) is 0 Å². The molecule has 0 amide bonds. The van der Waals surface area contributed by atoms with Gasteiger partial charge in [0, 0.05) is 24.4 Å². The van der Waals surface area contributed by atoms with Gasteiger partial charge in [-0.3, -0.25) is 9.78 Å². The molecule has 0 aliphatic carbocycles. The zero-order valence-corrected chi connectivity index (χ0v) is 8.81. The van der Waals surface area contributed by atoms with Crippen molar-refractivity contribution in [3.05, 3.63) is 24.3 Å². The summed E-state index contributed by atoms with van der Waals surface area (Å²) in [7, 11) is 0. The van der Waals surface area contributed by atoms with Gasteiger partial charge in [0.05, 0.1) is 6.20 Å². The van der Waals surface area contributed by atoms with E-state index in [1.165, 1.54) is 0 Å². The first kappa shape index (κ1) is 10.2. The van der Waals surface area contributed by atoms with E-state index in [4.69, 9.17) is 0 Å². The molecule has 2 heterocycles. The maximum absolute atomic E-state index is 12.1. The van der Waals surface area contributed by atoms with Crippen LogP contribution in [0.3, 0.4) is 0 Å². The molecule has 1 aliphatic rings. The number of nitrogens with zero attached hydrogens (tertiary/aromatic N) is 2. The standard InChI is InChI=1S/C11H15N3O/c1-8-9(3-2-4-13-8)11(15)10-7-12-5-6-14-10/h5-9,13H,2-4H2,1H3. The largest absolute Gasteiger partial charge is 0.314 e. The van der Waals surface area contributed by atoms with Crippen LogP contribution in [-0.4, -0.2) is 28.3 Å². The van der Waals surface area contributed by atoms with Crippen LogP contribution in [0.25, 0.3) is 0 Å². The van der Waals surface area contributed by atoms with Crippen molar-refractivity contribution in [3.8, 4) is 0 Å². The fourth-order valence-corrected chi connectivity index (χ4v) is 2.02. The molecule has 0 saturated carbocycles. The number of nitrogens with one attached hydrogen (secondary N) is 1. The molecule has 1 aromatic heterocycles. The fourth-order valence-electron chi connectivity index (χ4n) is 2.02. The molecule has 4 heteroatoms. The number of rotatable bonds is 2. The van der Waals surface area contributed by atoms with E-state index in [0.29, 0.717) is 5.69 Å². The number of hydrogen-bond donors (Lipinski definition) is 1. The molecule has 2 rings (SSSR count). The van der Waals surface area contributed by atoms with Crippen LogP contribution in [0.5, 0.6) is 0 Å². The lowest BCUT2D eigenvalue weighted by Crippen LogP contribution is -2.42. The second-order valence-electron chi connectivity index (χ2n) is 3.95. The minimum Gasteiger partial charge on any atom is -0.314 e. The Labute approximate surface area is 89.1 Å². The average molecular weight is 205 g/mol. The number of carbonyl (C=O) groups is 1. The molecular formula is C11H15N3O. The zero-order valence-electron chi connectivity index (χ0n) is 8.81. The lowest BCUT2D eigenvalue weighted by molar-refractivity contribution is 0.0861. The van der Waals surface area contributed by atoms with Crippen LogP contribution in [-0.2, 0) is 0 Å². The van der Waals surface area contributed by atoms with Crippen molar-refractivity contribution in [1.82, 2.24) is 15.3 Å². The topological polar surface area (TPSA) is 54.9 Å². The highest BCUT2D eigenvalue weighted by Crippen LogP contribution is 2.19. The summed E-state index contributed by atoms with van der Waals surface area (Å²) in [5, 5.41) is 3.31. The van der Waals surface area contributed by atoms with Gasteiger partial charge in [0.15, 0.2) is 5.78 Å². The van der Waals surface area contributed by atoms with Gasteiger partial charge in [-0.25, -0.2) is 4.98 Å². The molecule has 80 valence electrons. The molecule has 1 aromatic rings. The molecule has 0 spiro atoms. The molecule has 2 unspecified atom stereocenters. The molecule has 1 aliphatic heterocycles. The second-order valence-corrected chi connectivity index (χ2v) is 3.95. The van der Waals surface area contributed by atoms with Gasteiger partial charge in [0.2, 0.25) is 0 Å². The number of piperidine rings is 1. The van der Waals surface area contributed by atoms with Crippen LogP contribution >= 0.6 is 0 Å². The average Bonchev–Trinajstić information content (AvgIpc) is 2.30. The molecule has 0 bridgehead atoms. The molecule has 1 fully saturated rings. The van der Waals surface area contributed by atoms with Crippen LogP contribution in [0.15, 0.2) is 18.6 Å². The van der Waals surface area contributed by atoms with Crippen LogP contribution in [0, 0.1) is 5.92 Å². The Morgan fingerprint density at radius 3 is 3.07 bits per heavy atom. The van der Waals surface area contributed by atoms with E-state index in [9.17, 15) is 4.79 Å². The Hall–Kier alpha value is -1.29. The van der Waals surface area contributed by atoms with Gasteiger partial charge in [0.25, 0.3) is 0 Å². The summed E-state index contributed by atoms with van der Waals surface area (Å²) in [6.07, 6.45) is 6.70. The fraction of sp³-hybridized carbons (Fsp3) is 0.545. The van der Waals surface area contributed by atoms with Crippen LogP contribution in [0.2, 0.25) is 0 Å². The molecule has 0 aromatic carbocycles. The van der Waals surface area contributed by atoms with E-state index in [0.717, 1.165) is 19.4 Å².